The second-order valence-corrected chi connectivity index (χ2v) is 8.85. The lowest BCUT2D eigenvalue weighted by molar-refractivity contribution is -0.134. The fourth-order valence-corrected chi connectivity index (χ4v) is 2.44. The maximum Gasteiger partial charge on any atom is 0.300 e. The number of aliphatic carboxylic acids is 1. The molecule has 168 valence electrons. The minimum absolute atomic E-state index is 0.297. The molecule has 1 aromatic carbocycles. The maximum absolute atomic E-state index is 13.0. The molecule has 8 heteroatoms. The third-order valence-electron chi connectivity index (χ3n) is 4.02. The number of nitrogens with zero attached hydrogens (tertiary/aromatic N) is 1. The first-order valence-corrected chi connectivity index (χ1v) is 11.0. The number of terminal acetylenes is 1. The summed E-state index contributed by atoms with van der Waals surface area (Å²) in [4.78, 5) is 13.8. The number of sulfone groups is 1. The summed E-state index contributed by atoms with van der Waals surface area (Å²) in [6, 6.07) is 6.06. The predicted molar refractivity (Wildman–Crippen MR) is 121 cm³/mol. The first-order chi connectivity index (χ1) is 14.2. The van der Waals surface area contributed by atoms with E-state index in [0.717, 1.165) is 12.5 Å². The average molecular weight is 450 g/mol. The number of aryl methyl sites for hydroxylation is 1. The molecule has 6 nitrogen and oxygen atoms in total. The van der Waals surface area contributed by atoms with Gasteiger partial charge < -0.3 is 9.52 Å². The van der Waals surface area contributed by atoms with Crippen LogP contribution in [0.2, 0.25) is 0 Å². The van der Waals surface area contributed by atoms with Crippen LogP contribution in [0.25, 0.3) is 11.3 Å². The van der Waals surface area contributed by atoms with E-state index in [0.29, 0.717) is 22.3 Å². The lowest BCUT2D eigenvalue weighted by Crippen LogP contribution is -2.15. The molecule has 2 aromatic rings. The van der Waals surface area contributed by atoms with Crippen molar-refractivity contribution in [1.82, 2.24) is 4.98 Å². The number of benzene rings is 1. The molecule has 0 aliphatic heterocycles. The highest BCUT2D eigenvalue weighted by Crippen LogP contribution is 2.34. The summed E-state index contributed by atoms with van der Waals surface area (Å²) in [6.07, 6.45) is 9.98. The van der Waals surface area contributed by atoms with Gasteiger partial charge in [-0.15, -0.1) is 13.0 Å². The van der Waals surface area contributed by atoms with Crippen molar-refractivity contribution in [2.75, 3.05) is 6.26 Å². The van der Waals surface area contributed by atoms with Crippen molar-refractivity contribution in [3.63, 3.8) is 0 Å². The average Bonchev–Trinajstić information content (AvgIpc) is 3.09. The number of hydrogen-bond acceptors (Lipinski definition) is 5. The number of allylic oxidation sites excluding steroid dienone is 3. The Morgan fingerprint density at radius 2 is 1.81 bits per heavy atom. The van der Waals surface area contributed by atoms with Crippen molar-refractivity contribution < 1.29 is 27.1 Å². The molecule has 0 spiro atoms. The number of carboxylic acids is 1. The zero-order chi connectivity index (χ0) is 24.4. The van der Waals surface area contributed by atoms with E-state index < -0.39 is 21.2 Å². The van der Waals surface area contributed by atoms with Crippen LogP contribution in [0.15, 0.2) is 52.3 Å². The minimum atomic E-state index is -2.89. The minimum Gasteiger partial charge on any atom is -0.481 e. The predicted octanol–water partition coefficient (Wildman–Crippen LogP) is 4.91. The molecule has 0 fully saturated rings. The molecule has 1 atom stereocenters. The number of rotatable bonds is 4. The van der Waals surface area contributed by atoms with Gasteiger partial charge in [0.25, 0.3) is 5.97 Å². The normalized spacial score (nSPS) is 12.8. The van der Waals surface area contributed by atoms with Crippen LogP contribution in [0.3, 0.4) is 0 Å². The van der Waals surface area contributed by atoms with Gasteiger partial charge in [-0.05, 0) is 45.0 Å². The summed E-state index contributed by atoms with van der Waals surface area (Å²) in [6.45, 7) is 11.7. The Bertz CT molecular complexity index is 1070. The molecule has 31 heavy (non-hydrogen) atoms. The second-order valence-electron chi connectivity index (χ2n) is 6.66. The van der Waals surface area contributed by atoms with Crippen LogP contribution < -0.4 is 0 Å². The third-order valence-corrected chi connectivity index (χ3v) is 5.43. The standard InChI is InChI=1S/C16H14FNO.C5H10O2S.C2H4O2/c1-5-16(4,6-2)15-14(18-11(3)19-15)12-7-9-13(17)10-8-12;1-4-5(2)8(3,6)7;1-2(3)4/h1,6-10H,2H2,3-4H3;4H,1-3H3;1H3,(H,3,4)/b;5-4+;. The van der Waals surface area contributed by atoms with Crippen LogP contribution in [0.4, 0.5) is 4.39 Å². The first-order valence-electron chi connectivity index (χ1n) is 9.09. The van der Waals surface area contributed by atoms with E-state index in [1.54, 1.807) is 45.1 Å². The molecule has 2 rings (SSSR count). The molecule has 0 aliphatic rings. The Hall–Kier alpha value is -3.18. The van der Waals surface area contributed by atoms with Crippen LogP contribution in [0, 0.1) is 25.1 Å². The van der Waals surface area contributed by atoms with Crippen LogP contribution >= 0.6 is 0 Å². The van der Waals surface area contributed by atoms with Gasteiger partial charge in [0.1, 0.15) is 16.9 Å². The molecule has 0 radical (unpaired) electrons. The molecule has 0 aliphatic carbocycles. The molecule has 0 amide bonds. The first kappa shape index (κ1) is 27.8. The van der Waals surface area contributed by atoms with Crippen LogP contribution in [-0.2, 0) is 20.0 Å². The van der Waals surface area contributed by atoms with Crippen LogP contribution in [0.1, 0.15) is 39.3 Å². The Kier molecular flexibility index (Phi) is 10.6. The monoisotopic (exact) mass is 449 g/mol. The van der Waals surface area contributed by atoms with Gasteiger partial charge in [-0.2, -0.15) is 0 Å². The largest absolute Gasteiger partial charge is 0.481 e. The number of hydrogen-bond donors (Lipinski definition) is 1. The number of aromatic nitrogens is 1. The van der Waals surface area contributed by atoms with Crippen molar-refractivity contribution in [3.8, 4) is 23.6 Å². The van der Waals surface area contributed by atoms with E-state index in [9.17, 15) is 12.8 Å². The summed E-state index contributed by atoms with van der Waals surface area (Å²) < 4.78 is 39.6. The fourth-order valence-electron chi connectivity index (χ4n) is 2.01. The Morgan fingerprint density at radius 3 is 2.13 bits per heavy atom. The van der Waals surface area contributed by atoms with Gasteiger partial charge in [0.2, 0.25) is 0 Å². The van der Waals surface area contributed by atoms with Gasteiger partial charge >= 0.3 is 0 Å². The third kappa shape index (κ3) is 9.01. The lowest BCUT2D eigenvalue weighted by atomic mass is 9.86. The van der Waals surface area contributed by atoms with Crippen LogP contribution in [-0.4, -0.2) is 30.7 Å². The number of halogens is 1. The lowest BCUT2D eigenvalue weighted by Gasteiger charge is -2.16. The molecule has 0 saturated carbocycles. The molecule has 1 unspecified atom stereocenters. The number of oxazole rings is 1. The molecule has 1 heterocycles. The summed E-state index contributed by atoms with van der Waals surface area (Å²) in [5.41, 5.74) is 0.639. The quantitative estimate of drug-likeness (QED) is 0.526. The van der Waals surface area contributed by atoms with Gasteiger partial charge in [0, 0.05) is 30.6 Å². The summed E-state index contributed by atoms with van der Waals surface area (Å²) in [7, 11) is -2.89. The maximum atomic E-state index is 13.0. The SMILES string of the molecule is C#CC(C)(C=C)c1oc(C)nc1-c1ccc(F)cc1.C/C=C(\C)S(C)(=O)=O.CC(=O)O. The van der Waals surface area contributed by atoms with Crippen molar-refractivity contribution in [1.29, 1.82) is 0 Å². The van der Waals surface area contributed by atoms with Crippen molar-refractivity contribution in [2.45, 2.75) is 40.0 Å². The van der Waals surface area contributed by atoms with Gasteiger partial charge in [-0.3, -0.25) is 4.79 Å². The van der Waals surface area contributed by atoms with Gasteiger partial charge in [0.05, 0.1) is 0 Å². The highest BCUT2D eigenvalue weighted by molar-refractivity contribution is 7.94. The van der Waals surface area contributed by atoms with E-state index in [2.05, 4.69) is 17.5 Å². The molecule has 0 saturated heterocycles. The molecule has 1 N–H and O–H groups in total. The number of carbonyl (C=O) groups is 1. The van der Waals surface area contributed by atoms with E-state index in [1.807, 2.05) is 6.92 Å². The van der Waals surface area contributed by atoms with E-state index in [-0.39, 0.29) is 5.82 Å². The fraction of sp³-hybridized carbons (Fsp3) is 0.304. The molecule has 1 aromatic heterocycles. The zero-order valence-electron chi connectivity index (χ0n) is 18.6. The summed E-state index contributed by atoms with van der Waals surface area (Å²) in [5, 5.41) is 7.42. The van der Waals surface area contributed by atoms with Gasteiger partial charge in [0.15, 0.2) is 21.5 Å². The molecular formula is C23H28FNO5S. The number of carboxylic acid groups (broad SMARTS) is 1. The highest BCUT2D eigenvalue weighted by atomic mass is 32.2. The Balaban J connectivity index is 0.000000625. The second kappa shape index (κ2) is 11.9. The Morgan fingerprint density at radius 1 is 1.32 bits per heavy atom. The van der Waals surface area contributed by atoms with E-state index in [1.165, 1.54) is 18.4 Å². The van der Waals surface area contributed by atoms with Gasteiger partial charge in [-0.1, -0.05) is 18.1 Å². The summed E-state index contributed by atoms with van der Waals surface area (Å²) in [5.74, 6) is 2.58. The van der Waals surface area contributed by atoms with Crippen molar-refractivity contribution >= 4 is 15.8 Å². The zero-order valence-corrected chi connectivity index (χ0v) is 19.4. The molecular weight excluding hydrogens is 421 g/mol. The molecule has 0 bridgehead atoms. The van der Waals surface area contributed by atoms with Crippen molar-refractivity contribution in [2.24, 2.45) is 0 Å². The van der Waals surface area contributed by atoms with E-state index >= 15 is 0 Å². The van der Waals surface area contributed by atoms with Crippen molar-refractivity contribution in [3.05, 3.63) is 65.4 Å². The highest BCUT2D eigenvalue weighted by Gasteiger charge is 2.29. The topological polar surface area (TPSA) is 97.5 Å². The smallest absolute Gasteiger partial charge is 0.300 e. The van der Waals surface area contributed by atoms with Crippen LogP contribution in [0.5, 0.6) is 0 Å². The van der Waals surface area contributed by atoms with Gasteiger partial charge in [-0.25, -0.2) is 17.8 Å². The summed E-state index contributed by atoms with van der Waals surface area (Å²) >= 11 is 0. The Labute approximate surface area is 183 Å². The van der Waals surface area contributed by atoms with E-state index in [4.69, 9.17) is 20.7 Å².